The van der Waals surface area contributed by atoms with Crippen molar-refractivity contribution in [3.63, 3.8) is 0 Å². The Morgan fingerprint density at radius 1 is 1.38 bits per heavy atom. The summed E-state index contributed by atoms with van der Waals surface area (Å²) in [4.78, 5) is 14.5. The first-order valence-corrected chi connectivity index (χ1v) is 7.83. The molecule has 1 aromatic heterocycles. The minimum absolute atomic E-state index is 0.132. The van der Waals surface area contributed by atoms with Crippen molar-refractivity contribution < 1.29 is 4.79 Å². The number of likely N-dealkylation sites (tertiary alicyclic amines) is 1. The molecule has 0 aliphatic carbocycles. The Kier molecular flexibility index (Phi) is 5.92. The Labute approximate surface area is 126 Å². The third-order valence-electron chi connectivity index (χ3n) is 3.74. The maximum absolute atomic E-state index is 12.2. The van der Waals surface area contributed by atoms with Crippen molar-refractivity contribution in [3.05, 3.63) is 17.8 Å². The predicted molar refractivity (Wildman–Crippen MR) is 83.4 cm³/mol. The molecule has 1 amide bonds. The van der Waals surface area contributed by atoms with E-state index in [1.165, 1.54) is 0 Å². The largest absolute Gasteiger partial charge is 0.369 e. The molecule has 0 spiro atoms. The van der Waals surface area contributed by atoms with Gasteiger partial charge in [-0.2, -0.15) is 0 Å². The smallest absolute Gasteiger partial charge is 0.272 e. The van der Waals surface area contributed by atoms with E-state index in [2.05, 4.69) is 39.6 Å². The number of rotatable bonds is 6. The van der Waals surface area contributed by atoms with Gasteiger partial charge in [-0.25, -0.2) is 0 Å². The second-order valence-corrected chi connectivity index (χ2v) is 5.44. The maximum atomic E-state index is 12.2. The van der Waals surface area contributed by atoms with Crippen molar-refractivity contribution in [1.82, 2.24) is 20.4 Å². The molecule has 1 aliphatic rings. The van der Waals surface area contributed by atoms with Crippen molar-refractivity contribution in [1.29, 1.82) is 0 Å². The molecule has 2 N–H and O–H groups in total. The molecule has 6 heteroatoms. The third-order valence-corrected chi connectivity index (χ3v) is 3.74. The average molecular weight is 291 g/mol. The summed E-state index contributed by atoms with van der Waals surface area (Å²) in [7, 11) is 0. The van der Waals surface area contributed by atoms with Gasteiger partial charge in [0.2, 0.25) is 0 Å². The summed E-state index contributed by atoms with van der Waals surface area (Å²) in [5.74, 6) is 0.579. The molecule has 6 nitrogen and oxygen atoms in total. The second kappa shape index (κ2) is 7.93. The molecule has 1 aromatic rings. The Morgan fingerprint density at radius 2 is 2.24 bits per heavy atom. The van der Waals surface area contributed by atoms with Crippen molar-refractivity contribution in [2.24, 2.45) is 0 Å². The molecule has 0 radical (unpaired) electrons. The normalized spacial score (nSPS) is 19.2. The lowest BCUT2D eigenvalue weighted by Gasteiger charge is -2.32. The van der Waals surface area contributed by atoms with Crippen LogP contribution in [-0.4, -0.2) is 53.2 Å². The van der Waals surface area contributed by atoms with Gasteiger partial charge >= 0.3 is 0 Å². The number of anilines is 1. The van der Waals surface area contributed by atoms with Crippen LogP contribution in [0.3, 0.4) is 0 Å². The van der Waals surface area contributed by atoms with E-state index in [9.17, 15) is 4.79 Å². The molecule has 0 bridgehead atoms. The van der Waals surface area contributed by atoms with Crippen LogP contribution in [0, 0.1) is 0 Å². The molecule has 0 aromatic carbocycles. The number of carbonyl (C=O) groups excluding carboxylic acids is 1. The van der Waals surface area contributed by atoms with E-state index >= 15 is 0 Å². The van der Waals surface area contributed by atoms with Gasteiger partial charge in [0.05, 0.1) is 0 Å². The van der Waals surface area contributed by atoms with Gasteiger partial charge < -0.3 is 15.5 Å². The van der Waals surface area contributed by atoms with E-state index in [4.69, 9.17) is 0 Å². The summed E-state index contributed by atoms with van der Waals surface area (Å²) in [6.45, 7) is 8.18. The van der Waals surface area contributed by atoms with E-state index < -0.39 is 0 Å². The number of hydrogen-bond acceptors (Lipinski definition) is 5. The van der Waals surface area contributed by atoms with Gasteiger partial charge in [0.15, 0.2) is 5.69 Å². The lowest BCUT2D eigenvalue weighted by atomic mass is 10.1. The molecule has 21 heavy (non-hydrogen) atoms. The fourth-order valence-corrected chi connectivity index (χ4v) is 2.52. The Morgan fingerprint density at radius 3 is 2.90 bits per heavy atom. The van der Waals surface area contributed by atoms with Crippen LogP contribution in [0.4, 0.5) is 5.82 Å². The van der Waals surface area contributed by atoms with Crippen LogP contribution in [0.15, 0.2) is 12.1 Å². The second-order valence-electron chi connectivity index (χ2n) is 5.44. The van der Waals surface area contributed by atoms with Crippen molar-refractivity contribution in [2.75, 3.05) is 31.5 Å². The average Bonchev–Trinajstić information content (AvgIpc) is 2.53. The standard InChI is InChI=1S/C15H25N5O/c1-3-9-16-14-8-7-13(18-19-14)15(21)17-12-6-5-10-20(4-2)11-12/h7-8,12H,3-6,9-11H2,1-2H3,(H,16,19)(H,17,21). The van der Waals surface area contributed by atoms with E-state index in [1.807, 2.05) is 0 Å². The SMILES string of the molecule is CCCNc1ccc(C(=O)NC2CCCN(CC)C2)nn1. The Balaban J connectivity index is 1.87. The molecular formula is C15H25N5O. The predicted octanol–water partition coefficient (Wildman–Crippen LogP) is 1.51. The van der Waals surface area contributed by atoms with Crippen LogP contribution in [0.2, 0.25) is 0 Å². The first kappa shape index (κ1) is 15.7. The monoisotopic (exact) mass is 291 g/mol. The summed E-state index contributed by atoms with van der Waals surface area (Å²) < 4.78 is 0. The number of aromatic nitrogens is 2. The minimum Gasteiger partial charge on any atom is -0.369 e. The number of carbonyl (C=O) groups is 1. The van der Waals surface area contributed by atoms with Crippen molar-refractivity contribution in [2.45, 2.75) is 39.2 Å². The molecule has 2 rings (SSSR count). The molecule has 116 valence electrons. The van der Waals surface area contributed by atoms with Gasteiger partial charge in [0.1, 0.15) is 5.82 Å². The summed E-state index contributed by atoms with van der Waals surface area (Å²) in [5, 5.41) is 14.2. The van der Waals surface area contributed by atoms with Crippen LogP contribution in [0.5, 0.6) is 0 Å². The van der Waals surface area contributed by atoms with Gasteiger partial charge in [0, 0.05) is 19.1 Å². The Hall–Kier alpha value is -1.69. The highest BCUT2D eigenvalue weighted by atomic mass is 16.2. The Bertz CT molecular complexity index is 448. The van der Waals surface area contributed by atoms with Gasteiger partial charge in [-0.3, -0.25) is 4.79 Å². The van der Waals surface area contributed by atoms with E-state index in [1.54, 1.807) is 12.1 Å². The molecule has 0 saturated carbocycles. The fourth-order valence-electron chi connectivity index (χ4n) is 2.52. The quantitative estimate of drug-likeness (QED) is 0.831. The zero-order chi connectivity index (χ0) is 15.1. The van der Waals surface area contributed by atoms with E-state index in [-0.39, 0.29) is 11.9 Å². The highest BCUT2D eigenvalue weighted by Gasteiger charge is 2.21. The lowest BCUT2D eigenvalue weighted by Crippen LogP contribution is -2.47. The van der Waals surface area contributed by atoms with Crippen LogP contribution >= 0.6 is 0 Å². The highest BCUT2D eigenvalue weighted by Crippen LogP contribution is 2.10. The summed E-state index contributed by atoms with van der Waals surface area (Å²) >= 11 is 0. The van der Waals surface area contributed by atoms with Crippen LogP contribution in [0.1, 0.15) is 43.6 Å². The van der Waals surface area contributed by atoms with Crippen molar-refractivity contribution >= 4 is 11.7 Å². The zero-order valence-electron chi connectivity index (χ0n) is 12.9. The summed E-state index contributed by atoms with van der Waals surface area (Å²) in [6, 6.07) is 3.74. The molecule has 1 fully saturated rings. The van der Waals surface area contributed by atoms with Gasteiger partial charge in [-0.05, 0) is 44.5 Å². The van der Waals surface area contributed by atoms with E-state index in [0.29, 0.717) is 11.5 Å². The lowest BCUT2D eigenvalue weighted by molar-refractivity contribution is 0.0900. The fraction of sp³-hybridized carbons (Fsp3) is 0.667. The number of amides is 1. The minimum atomic E-state index is -0.132. The van der Waals surface area contributed by atoms with Gasteiger partial charge in [-0.15, -0.1) is 10.2 Å². The number of likely N-dealkylation sites (N-methyl/N-ethyl adjacent to an activating group) is 1. The number of nitrogens with one attached hydrogen (secondary N) is 2. The van der Waals surface area contributed by atoms with Crippen LogP contribution in [0.25, 0.3) is 0 Å². The van der Waals surface area contributed by atoms with Gasteiger partial charge in [-0.1, -0.05) is 13.8 Å². The summed E-state index contributed by atoms with van der Waals surface area (Å²) in [5.41, 5.74) is 0.380. The van der Waals surface area contributed by atoms with E-state index in [0.717, 1.165) is 45.4 Å². The molecule has 1 saturated heterocycles. The first-order chi connectivity index (χ1) is 10.2. The molecule has 1 atom stereocenters. The first-order valence-electron chi connectivity index (χ1n) is 7.83. The molecule has 2 heterocycles. The highest BCUT2D eigenvalue weighted by molar-refractivity contribution is 5.92. The zero-order valence-corrected chi connectivity index (χ0v) is 12.9. The van der Waals surface area contributed by atoms with Gasteiger partial charge in [0.25, 0.3) is 5.91 Å². The molecular weight excluding hydrogens is 266 g/mol. The molecule has 1 unspecified atom stereocenters. The third kappa shape index (κ3) is 4.67. The molecule has 1 aliphatic heterocycles. The summed E-state index contributed by atoms with van der Waals surface area (Å²) in [6.07, 6.45) is 3.19. The number of nitrogens with zero attached hydrogens (tertiary/aromatic N) is 3. The van der Waals surface area contributed by atoms with Crippen LogP contribution < -0.4 is 10.6 Å². The van der Waals surface area contributed by atoms with Crippen LogP contribution in [-0.2, 0) is 0 Å². The number of piperidine rings is 1. The topological polar surface area (TPSA) is 70.2 Å². The maximum Gasteiger partial charge on any atom is 0.272 e. The number of hydrogen-bond donors (Lipinski definition) is 2. The van der Waals surface area contributed by atoms with Crippen molar-refractivity contribution in [3.8, 4) is 0 Å².